The first-order valence-electron chi connectivity index (χ1n) is 7.46. The molecule has 2 heteroatoms. The second-order valence-corrected chi connectivity index (χ2v) is 6.26. The maximum Gasteiger partial charge on any atom is 0.312 e. The van der Waals surface area contributed by atoms with Crippen LogP contribution in [-0.2, 0) is 9.53 Å². The highest BCUT2D eigenvalue weighted by atomic mass is 16.5. The first-order chi connectivity index (χ1) is 10.5. The van der Waals surface area contributed by atoms with E-state index in [0.717, 1.165) is 11.1 Å². The standard InChI is InChI=1S/C20H22O2/c1-20(2,3)19(21)22-18(17-12-8-5-9-13-17)15-14-16-10-6-4-7-11-16/h4-15,18H,1-3H3/b15-14+/t18-/m0/s1. The highest BCUT2D eigenvalue weighted by Crippen LogP contribution is 2.25. The van der Waals surface area contributed by atoms with Crippen molar-refractivity contribution in [3.8, 4) is 0 Å². The highest BCUT2D eigenvalue weighted by molar-refractivity contribution is 5.76. The lowest BCUT2D eigenvalue weighted by Crippen LogP contribution is -2.24. The van der Waals surface area contributed by atoms with Gasteiger partial charge in [0, 0.05) is 0 Å². The summed E-state index contributed by atoms with van der Waals surface area (Å²) in [7, 11) is 0. The Bertz CT molecular complexity index is 622. The molecular formula is C20H22O2. The molecule has 2 aromatic carbocycles. The number of hydrogen-bond donors (Lipinski definition) is 0. The average molecular weight is 294 g/mol. The van der Waals surface area contributed by atoms with Crippen LogP contribution in [0.1, 0.15) is 38.0 Å². The molecule has 2 rings (SSSR count). The maximum atomic E-state index is 12.2. The Morgan fingerprint density at radius 3 is 2.05 bits per heavy atom. The number of rotatable bonds is 4. The Balaban J connectivity index is 2.23. The first-order valence-corrected chi connectivity index (χ1v) is 7.46. The van der Waals surface area contributed by atoms with Crippen LogP contribution in [0.25, 0.3) is 6.08 Å². The molecular weight excluding hydrogens is 272 g/mol. The zero-order valence-electron chi connectivity index (χ0n) is 13.3. The van der Waals surface area contributed by atoms with Gasteiger partial charge in [0.15, 0.2) is 0 Å². The van der Waals surface area contributed by atoms with Gasteiger partial charge in [-0.15, -0.1) is 0 Å². The van der Waals surface area contributed by atoms with E-state index in [0.29, 0.717) is 0 Å². The van der Waals surface area contributed by atoms with Gasteiger partial charge in [0.25, 0.3) is 0 Å². The summed E-state index contributed by atoms with van der Waals surface area (Å²) in [5, 5.41) is 0. The van der Waals surface area contributed by atoms with E-state index < -0.39 is 5.41 Å². The summed E-state index contributed by atoms with van der Waals surface area (Å²) in [6.45, 7) is 5.58. The molecule has 22 heavy (non-hydrogen) atoms. The molecule has 2 nitrogen and oxygen atoms in total. The number of esters is 1. The summed E-state index contributed by atoms with van der Waals surface area (Å²) >= 11 is 0. The molecule has 0 radical (unpaired) electrons. The van der Waals surface area contributed by atoms with Gasteiger partial charge in [0.05, 0.1) is 5.41 Å². The van der Waals surface area contributed by atoms with Crippen LogP contribution < -0.4 is 0 Å². The lowest BCUT2D eigenvalue weighted by atomic mass is 9.97. The minimum absolute atomic E-state index is 0.209. The highest BCUT2D eigenvalue weighted by Gasteiger charge is 2.26. The van der Waals surface area contributed by atoms with E-state index >= 15 is 0 Å². The van der Waals surface area contributed by atoms with Crippen LogP contribution in [-0.4, -0.2) is 5.97 Å². The molecule has 0 saturated heterocycles. The molecule has 114 valence electrons. The van der Waals surface area contributed by atoms with Crippen LogP contribution in [0.3, 0.4) is 0 Å². The summed E-state index contributed by atoms with van der Waals surface area (Å²) in [5.41, 5.74) is 1.52. The van der Waals surface area contributed by atoms with Gasteiger partial charge in [-0.05, 0) is 38.0 Å². The molecule has 1 atom stereocenters. The molecule has 2 aromatic rings. The number of benzene rings is 2. The van der Waals surface area contributed by atoms with E-state index in [-0.39, 0.29) is 12.1 Å². The number of carbonyl (C=O) groups is 1. The van der Waals surface area contributed by atoms with Crippen LogP contribution >= 0.6 is 0 Å². The SMILES string of the molecule is CC(C)(C)C(=O)O[C@@H](/C=C/c1ccccc1)c1ccccc1. The Labute approximate surface area is 132 Å². The molecule has 0 amide bonds. The molecule has 0 spiro atoms. The van der Waals surface area contributed by atoms with Crippen LogP contribution in [0.5, 0.6) is 0 Å². The second-order valence-electron chi connectivity index (χ2n) is 6.26. The molecule has 0 aliphatic heterocycles. The first kappa shape index (κ1) is 16.0. The van der Waals surface area contributed by atoms with Gasteiger partial charge in [-0.25, -0.2) is 0 Å². The Morgan fingerprint density at radius 1 is 0.955 bits per heavy atom. The third-order valence-corrected chi connectivity index (χ3v) is 3.24. The van der Waals surface area contributed by atoms with E-state index in [4.69, 9.17) is 4.74 Å². The van der Waals surface area contributed by atoms with Crippen molar-refractivity contribution >= 4 is 12.0 Å². The van der Waals surface area contributed by atoms with Gasteiger partial charge in [0.2, 0.25) is 0 Å². The van der Waals surface area contributed by atoms with Crippen LogP contribution in [0.4, 0.5) is 0 Å². The fourth-order valence-corrected chi connectivity index (χ4v) is 1.92. The maximum absolute atomic E-state index is 12.2. The van der Waals surface area contributed by atoms with Crippen molar-refractivity contribution in [1.29, 1.82) is 0 Å². The van der Waals surface area contributed by atoms with Gasteiger partial charge in [-0.3, -0.25) is 4.79 Å². The predicted octanol–water partition coefficient (Wildman–Crippen LogP) is 5.03. The Kier molecular flexibility index (Phi) is 5.16. The van der Waals surface area contributed by atoms with E-state index in [1.165, 1.54) is 0 Å². The number of hydrogen-bond acceptors (Lipinski definition) is 2. The monoisotopic (exact) mass is 294 g/mol. The summed E-state index contributed by atoms with van der Waals surface area (Å²) in [6.07, 6.45) is 3.52. The minimum Gasteiger partial charge on any atom is -0.453 e. The van der Waals surface area contributed by atoms with Crippen molar-refractivity contribution < 1.29 is 9.53 Å². The largest absolute Gasteiger partial charge is 0.453 e. The smallest absolute Gasteiger partial charge is 0.312 e. The molecule has 0 heterocycles. The molecule has 0 N–H and O–H groups in total. The van der Waals surface area contributed by atoms with Gasteiger partial charge in [-0.2, -0.15) is 0 Å². The predicted molar refractivity (Wildman–Crippen MR) is 90.2 cm³/mol. The van der Waals surface area contributed by atoms with Gasteiger partial charge in [-0.1, -0.05) is 66.7 Å². The van der Waals surface area contributed by atoms with Crippen molar-refractivity contribution in [1.82, 2.24) is 0 Å². The van der Waals surface area contributed by atoms with E-state index in [1.807, 2.05) is 93.6 Å². The fourth-order valence-electron chi connectivity index (χ4n) is 1.92. The molecule has 0 unspecified atom stereocenters. The molecule has 0 aliphatic rings. The van der Waals surface area contributed by atoms with Crippen molar-refractivity contribution in [2.45, 2.75) is 26.9 Å². The number of ether oxygens (including phenoxy) is 1. The van der Waals surface area contributed by atoms with Crippen LogP contribution in [0.2, 0.25) is 0 Å². The number of carbonyl (C=O) groups excluding carboxylic acids is 1. The Hall–Kier alpha value is -2.35. The lowest BCUT2D eigenvalue weighted by Gasteiger charge is -2.21. The van der Waals surface area contributed by atoms with Crippen molar-refractivity contribution in [2.75, 3.05) is 0 Å². The van der Waals surface area contributed by atoms with Gasteiger partial charge in [0.1, 0.15) is 6.10 Å². The molecule has 0 aromatic heterocycles. The van der Waals surface area contributed by atoms with Crippen molar-refractivity contribution in [2.24, 2.45) is 5.41 Å². The topological polar surface area (TPSA) is 26.3 Å². The second kappa shape index (κ2) is 7.08. The zero-order valence-corrected chi connectivity index (χ0v) is 13.3. The van der Waals surface area contributed by atoms with E-state index in [2.05, 4.69) is 0 Å². The summed E-state index contributed by atoms with van der Waals surface area (Å²) in [5.74, 6) is -0.209. The molecule has 0 aliphatic carbocycles. The lowest BCUT2D eigenvalue weighted by molar-refractivity contribution is -0.156. The van der Waals surface area contributed by atoms with Crippen molar-refractivity contribution in [3.63, 3.8) is 0 Å². The molecule has 0 bridgehead atoms. The summed E-state index contributed by atoms with van der Waals surface area (Å²) in [4.78, 5) is 12.2. The zero-order chi connectivity index (χ0) is 16.0. The summed E-state index contributed by atoms with van der Waals surface area (Å²) < 4.78 is 5.70. The van der Waals surface area contributed by atoms with Crippen LogP contribution in [0, 0.1) is 5.41 Å². The quantitative estimate of drug-likeness (QED) is 0.739. The third kappa shape index (κ3) is 4.59. The Morgan fingerprint density at radius 2 is 1.50 bits per heavy atom. The van der Waals surface area contributed by atoms with Gasteiger partial charge < -0.3 is 4.74 Å². The molecule has 0 saturated carbocycles. The third-order valence-electron chi connectivity index (χ3n) is 3.24. The summed E-state index contributed by atoms with van der Waals surface area (Å²) in [6, 6.07) is 19.8. The van der Waals surface area contributed by atoms with Crippen LogP contribution in [0.15, 0.2) is 66.7 Å². The van der Waals surface area contributed by atoms with Crippen molar-refractivity contribution in [3.05, 3.63) is 77.9 Å². The molecule has 0 fully saturated rings. The normalized spacial score (nSPS) is 13.0. The minimum atomic E-state index is -0.520. The van der Waals surface area contributed by atoms with E-state index in [9.17, 15) is 4.79 Å². The average Bonchev–Trinajstić information content (AvgIpc) is 2.52. The fraction of sp³-hybridized carbons (Fsp3) is 0.250. The van der Waals surface area contributed by atoms with Gasteiger partial charge >= 0.3 is 5.97 Å². The van der Waals surface area contributed by atoms with E-state index in [1.54, 1.807) is 0 Å².